The number of amides is 2. The number of nitrogens with zero attached hydrogens (tertiary/aromatic N) is 3. The van der Waals surface area contributed by atoms with Crippen LogP contribution >= 0.6 is 0 Å². The highest BCUT2D eigenvalue weighted by atomic mass is 16.5. The van der Waals surface area contributed by atoms with Crippen LogP contribution in [0.2, 0.25) is 0 Å². The molecule has 1 aliphatic heterocycles. The number of nitrogens with one attached hydrogen (secondary N) is 1. The number of carbonyl (C=O) groups excluding carboxylic acids is 1. The van der Waals surface area contributed by atoms with Gasteiger partial charge in [-0.25, -0.2) is 9.59 Å². The van der Waals surface area contributed by atoms with Gasteiger partial charge >= 0.3 is 12.0 Å². The summed E-state index contributed by atoms with van der Waals surface area (Å²) in [5.74, 6) is 1.02. The van der Waals surface area contributed by atoms with Gasteiger partial charge in [0.15, 0.2) is 5.82 Å². The summed E-state index contributed by atoms with van der Waals surface area (Å²) < 4.78 is 5.37. The summed E-state index contributed by atoms with van der Waals surface area (Å²) in [5, 5.41) is 15.8. The standard InChI is InChI=1S/C18H20N4O4/c23-17(24)13-3-1-11(2-4-13)9-19-18(25)22-8-7-14(10-22)16-20-15(21-26-16)12-5-6-12/h1-4,12,14H,5-10H2,(H,19,25)(H,23,24). The van der Waals surface area contributed by atoms with Crippen LogP contribution in [-0.2, 0) is 6.54 Å². The minimum atomic E-state index is -0.963. The molecule has 2 aliphatic rings. The van der Waals surface area contributed by atoms with Crippen LogP contribution in [0.15, 0.2) is 28.8 Å². The van der Waals surface area contributed by atoms with E-state index < -0.39 is 5.97 Å². The molecular weight excluding hydrogens is 336 g/mol. The summed E-state index contributed by atoms with van der Waals surface area (Å²) in [6.07, 6.45) is 3.07. The van der Waals surface area contributed by atoms with E-state index in [1.54, 1.807) is 17.0 Å². The molecule has 4 rings (SSSR count). The normalized spacial score (nSPS) is 19.5. The van der Waals surface area contributed by atoms with E-state index in [9.17, 15) is 9.59 Å². The van der Waals surface area contributed by atoms with Crippen LogP contribution in [0.3, 0.4) is 0 Å². The molecule has 1 saturated heterocycles. The van der Waals surface area contributed by atoms with E-state index >= 15 is 0 Å². The Labute approximate surface area is 150 Å². The van der Waals surface area contributed by atoms with Crippen molar-refractivity contribution in [1.29, 1.82) is 0 Å². The Morgan fingerprint density at radius 3 is 2.65 bits per heavy atom. The van der Waals surface area contributed by atoms with E-state index in [0.29, 0.717) is 31.4 Å². The smallest absolute Gasteiger partial charge is 0.335 e. The second kappa shape index (κ2) is 6.78. The maximum Gasteiger partial charge on any atom is 0.335 e. The number of urea groups is 1. The topological polar surface area (TPSA) is 109 Å². The summed E-state index contributed by atoms with van der Waals surface area (Å²) in [5.41, 5.74) is 1.08. The maximum atomic E-state index is 12.3. The van der Waals surface area contributed by atoms with Crippen molar-refractivity contribution in [2.24, 2.45) is 0 Å². The molecule has 2 N–H and O–H groups in total. The van der Waals surface area contributed by atoms with Gasteiger partial charge in [-0.3, -0.25) is 0 Å². The first-order valence-corrected chi connectivity index (χ1v) is 8.78. The van der Waals surface area contributed by atoms with Crippen LogP contribution < -0.4 is 5.32 Å². The van der Waals surface area contributed by atoms with Crippen LogP contribution in [0.5, 0.6) is 0 Å². The maximum absolute atomic E-state index is 12.3. The molecule has 2 heterocycles. The molecule has 8 nitrogen and oxygen atoms in total. The highest BCUT2D eigenvalue weighted by Crippen LogP contribution is 2.39. The van der Waals surface area contributed by atoms with E-state index in [4.69, 9.17) is 9.63 Å². The first-order valence-electron chi connectivity index (χ1n) is 8.78. The lowest BCUT2D eigenvalue weighted by atomic mass is 10.1. The van der Waals surface area contributed by atoms with E-state index in [1.807, 2.05) is 0 Å². The van der Waals surface area contributed by atoms with Gasteiger partial charge in [0.05, 0.1) is 11.5 Å². The molecule has 8 heteroatoms. The fraction of sp³-hybridized carbons (Fsp3) is 0.444. The zero-order chi connectivity index (χ0) is 18.1. The first-order chi connectivity index (χ1) is 12.6. The van der Waals surface area contributed by atoms with Crippen molar-refractivity contribution in [3.8, 4) is 0 Å². The lowest BCUT2D eigenvalue weighted by Gasteiger charge is -2.16. The van der Waals surface area contributed by atoms with Gasteiger partial charge in [0.2, 0.25) is 5.89 Å². The number of hydrogen-bond acceptors (Lipinski definition) is 5. The molecule has 2 fully saturated rings. The summed E-state index contributed by atoms with van der Waals surface area (Å²) in [7, 11) is 0. The molecule has 1 aliphatic carbocycles. The van der Waals surface area contributed by atoms with E-state index in [-0.39, 0.29) is 17.5 Å². The number of likely N-dealkylation sites (tertiary alicyclic amines) is 1. The second-order valence-electron chi connectivity index (χ2n) is 6.86. The Morgan fingerprint density at radius 1 is 1.19 bits per heavy atom. The van der Waals surface area contributed by atoms with E-state index in [1.165, 1.54) is 12.1 Å². The zero-order valence-corrected chi connectivity index (χ0v) is 14.2. The highest BCUT2D eigenvalue weighted by molar-refractivity contribution is 5.87. The van der Waals surface area contributed by atoms with Gasteiger partial charge in [-0.2, -0.15) is 4.98 Å². The van der Waals surface area contributed by atoms with Crippen LogP contribution in [-0.4, -0.2) is 45.2 Å². The number of aromatic carboxylic acids is 1. The fourth-order valence-corrected chi connectivity index (χ4v) is 3.12. The molecule has 1 aromatic heterocycles. The van der Waals surface area contributed by atoms with Gasteiger partial charge < -0.3 is 19.8 Å². The Bertz CT molecular complexity index is 813. The van der Waals surface area contributed by atoms with Crippen molar-refractivity contribution in [1.82, 2.24) is 20.4 Å². The lowest BCUT2D eigenvalue weighted by Crippen LogP contribution is -2.37. The SMILES string of the molecule is O=C(O)c1ccc(CNC(=O)N2CCC(c3nc(C4CC4)no3)C2)cc1. The molecule has 1 unspecified atom stereocenters. The highest BCUT2D eigenvalue weighted by Gasteiger charge is 2.34. The molecule has 26 heavy (non-hydrogen) atoms. The number of carbonyl (C=O) groups is 2. The molecule has 2 aromatic rings. The minimum Gasteiger partial charge on any atom is -0.478 e. The molecule has 2 amide bonds. The van der Waals surface area contributed by atoms with Gasteiger partial charge in [-0.15, -0.1) is 0 Å². The average molecular weight is 356 g/mol. The van der Waals surface area contributed by atoms with Crippen molar-refractivity contribution in [2.45, 2.75) is 37.6 Å². The van der Waals surface area contributed by atoms with E-state index in [0.717, 1.165) is 30.7 Å². The third-order valence-corrected chi connectivity index (χ3v) is 4.87. The predicted octanol–water partition coefficient (Wildman–Crippen LogP) is 2.34. The average Bonchev–Trinajstić information content (AvgIpc) is 3.18. The first kappa shape index (κ1) is 16.6. The number of carboxylic acids is 1. The molecule has 136 valence electrons. The monoisotopic (exact) mass is 356 g/mol. The van der Waals surface area contributed by atoms with Gasteiger partial charge in [-0.1, -0.05) is 17.3 Å². The number of carboxylic acid groups (broad SMARTS) is 1. The Kier molecular flexibility index (Phi) is 4.32. The third kappa shape index (κ3) is 3.54. The Balaban J connectivity index is 1.29. The van der Waals surface area contributed by atoms with Crippen molar-refractivity contribution < 1.29 is 19.2 Å². The summed E-state index contributed by atoms with van der Waals surface area (Å²) in [4.78, 5) is 29.4. The Hall–Kier alpha value is -2.90. The number of aromatic nitrogens is 2. The van der Waals surface area contributed by atoms with Crippen LogP contribution in [0.4, 0.5) is 4.79 Å². The third-order valence-electron chi connectivity index (χ3n) is 4.87. The fourth-order valence-electron chi connectivity index (χ4n) is 3.12. The lowest BCUT2D eigenvalue weighted by molar-refractivity contribution is 0.0697. The summed E-state index contributed by atoms with van der Waals surface area (Å²) in [6, 6.07) is 6.32. The Morgan fingerprint density at radius 2 is 1.96 bits per heavy atom. The summed E-state index contributed by atoms with van der Waals surface area (Å²) >= 11 is 0. The van der Waals surface area contributed by atoms with Gasteiger partial charge in [0.25, 0.3) is 0 Å². The van der Waals surface area contributed by atoms with Crippen molar-refractivity contribution in [3.05, 3.63) is 47.1 Å². The molecule has 1 aromatic carbocycles. The minimum absolute atomic E-state index is 0.0931. The molecule has 1 saturated carbocycles. The van der Waals surface area contributed by atoms with Crippen molar-refractivity contribution in [3.63, 3.8) is 0 Å². The van der Waals surface area contributed by atoms with Gasteiger partial charge in [0, 0.05) is 25.6 Å². The second-order valence-corrected chi connectivity index (χ2v) is 6.86. The largest absolute Gasteiger partial charge is 0.478 e. The van der Waals surface area contributed by atoms with Crippen molar-refractivity contribution in [2.75, 3.05) is 13.1 Å². The predicted molar refractivity (Wildman–Crippen MR) is 90.8 cm³/mol. The molecule has 0 radical (unpaired) electrons. The number of benzene rings is 1. The molecule has 0 spiro atoms. The molecule has 1 atom stereocenters. The van der Waals surface area contributed by atoms with Gasteiger partial charge in [0.1, 0.15) is 0 Å². The van der Waals surface area contributed by atoms with Crippen LogP contribution in [0, 0.1) is 0 Å². The number of rotatable bonds is 5. The van der Waals surface area contributed by atoms with Gasteiger partial charge in [-0.05, 0) is 37.0 Å². The zero-order valence-electron chi connectivity index (χ0n) is 14.2. The molecular formula is C18H20N4O4. The van der Waals surface area contributed by atoms with E-state index in [2.05, 4.69) is 15.5 Å². The van der Waals surface area contributed by atoms with Crippen molar-refractivity contribution >= 4 is 12.0 Å². The van der Waals surface area contributed by atoms with Crippen LogP contribution in [0.1, 0.15) is 58.7 Å². The van der Waals surface area contributed by atoms with Crippen LogP contribution in [0.25, 0.3) is 0 Å². The summed E-state index contributed by atoms with van der Waals surface area (Å²) in [6.45, 7) is 1.57. The number of hydrogen-bond donors (Lipinski definition) is 2. The quantitative estimate of drug-likeness (QED) is 0.851. The molecule has 0 bridgehead atoms.